The van der Waals surface area contributed by atoms with Crippen molar-refractivity contribution in [2.45, 2.75) is 88.4 Å². The Morgan fingerprint density at radius 1 is 1.00 bits per heavy atom. The van der Waals surface area contributed by atoms with Gasteiger partial charge in [-0.2, -0.15) is 4.98 Å². The van der Waals surface area contributed by atoms with Gasteiger partial charge >= 0.3 is 0 Å². The maximum atomic E-state index is 14.8. The Morgan fingerprint density at radius 3 is 2.42 bits per heavy atom. The summed E-state index contributed by atoms with van der Waals surface area (Å²) in [5.41, 5.74) is 1.51. The minimum absolute atomic E-state index is 0.0187. The Balaban J connectivity index is 1.26. The molecule has 6 rings (SSSR count). The molecule has 4 N–H and O–H groups in total. The highest BCUT2D eigenvalue weighted by atomic mass is 19.1. The number of benzene rings is 1. The van der Waals surface area contributed by atoms with Crippen LogP contribution < -0.4 is 16.0 Å². The molecule has 3 fully saturated rings. The molecule has 11 heteroatoms. The first kappa shape index (κ1) is 26.6. The van der Waals surface area contributed by atoms with Gasteiger partial charge < -0.3 is 21.1 Å². The molecule has 212 valence electrons. The fourth-order valence-corrected chi connectivity index (χ4v) is 5.94. The molecule has 3 aliphatic rings. The summed E-state index contributed by atoms with van der Waals surface area (Å²) in [6.45, 7) is 3.69. The molecule has 1 amide bonds. The minimum Gasteiger partial charge on any atom is -0.393 e. The monoisotopic (exact) mass is 551 g/mol. The number of carbonyl (C=O) groups is 1. The standard InChI is InChI=1S/C29H35F2N7O2/c1-2-16-13-18(30)14-23(31)25(16)36-29-35-24-15-32-28(37-26(24)38(29)21-9-11-22(39)12-10-21)34-20-5-3-17(4-6-20)27(40)33-19-7-8-19/h2,13-15,17,19-22,39H,1,3-12H2,(H,33,40)(H,35,36)(H,32,34,37). The predicted molar refractivity (Wildman–Crippen MR) is 149 cm³/mol. The molecule has 3 aliphatic carbocycles. The summed E-state index contributed by atoms with van der Waals surface area (Å²) in [4.78, 5) is 26.5. The Hall–Kier alpha value is -3.60. The van der Waals surface area contributed by atoms with E-state index in [9.17, 15) is 18.7 Å². The zero-order valence-electron chi connectivity index (χ0n) is 22.4. The number of hydrogen-bond donors (Lipinski definition) is 4. The average molecular weight is 552 g/mol. The van der Waals surface area contributed by atoms with Crippen LogP contribution in [0, 0.1) is 17.6 Å². The van der Waals surface area contributed by atoms with Crippen LogP contribution in [0.3, 0.4) is 0 Å². The smallest absolute Gasteiger partial charge is 0.224 e. The summed E-state index contributed by atoms with van der Waals surface area (Å²) < 4.78 is 30.6. The van der Waals surface area contributed by atoms with E-state index in [1.54, 1.807) is 6.20 Å². The van der Waals surface area contributed by atoms with Crippen molar-refractivity contribution < 1.29 is 18.7 Å². The number of anilines is 3. The number of fused-ring (bicyclic) bond motifs is 1. The van der Waals surface area contributed by atoms with Crippen molar-refractivity contribution in [2.75, 3.05) is 10.6 Å². The number of amides is 1. The molecule has 0 spiro atoms. The van der Waals surface area contributed by atoms with E-state index >= 15 is 0 Å². The highest BCUT2D eigenvalue weighted by molar-refractivity contribution is 5.80. The molecule has 2 aromatic heterocycles. The van der Waals surface area contributed by atoms with E-state index in [4.69, 9.17) is 4.98 Å². The highest BCUT2D eigenvalue weighted by Crippen LogP contribution is 2.36. The summed E-state index contributed by atoms with van der Waals surface area (Å²) in [6.07, 6.45) is 10.9. The Bertz CT molecular complexity index is 1410. The van der Waals surface area contributed by atoms with Gasteiger partial charge in [-0.15, -0.1) is 0 Å². The Morgan fingerprint density at radius 2 is 1.73 bits per heavy atom. The minimum atomic E-state index is -0.748. The van der Waals surface area contributed by atoms with E-state index in [0.29, 0.717) is 54.8 Å². The van der Waals surface area contributed by atoms with Crippen LogP contribution in [0.1, 0.15) is 75.8 Å². The lowest BCUT2D eigenvalue weighted by Crippen LogP contribution is -2.37. The van der Waals surface area contributed by atoms with Gasteiger partial charge in [0.25, 0.3) is 0 Å². The van der Waals surface area contributed by atoms with Gasteiger partial charge in [0.2, 0.25) is 17.8 Å². The molecular formula is C29H35F2N7O2. The summed E-state index contributed by atoms with van der Waals surface area (Å²) >= 11 is 0. The van der Waals surface area contributed by atoms with Crippen molar-refractivity contribution in [3.05, 3.63) is 42.1 Å². The van der Waals surface area contributed by atoms with Gasteiger partial charge in [-0.3, -0.25) is 9.36 Å². The lowest BCUT2D eigenvalue weighted by atomic mass is 9.85. The third-order valence-electron chi connectivity index (χ3n) is 8.36. The van der Waals surface area contributed by atoms with Crippen molar-refractivity contribution in [3.8, 4) is 0 Å². The normalized spacial score (nSPS) is 25.0. The van der Waals surface area contributed by atoms with Gasteiger partial charge in [0, 0.05) is 35.7 Å². The molecule has 0 saturated heterocycles. The summed E-state index contributed by atoms with van der Waals surface area (Å²) in [7, 11) is 0. The van der Waals surface area contributed by atoms with Crippen LogP contribution >= 0.6 is 0 Å². The van der Waals surface area contributed by atoms with Crippen LogP contribution in [-0.2, 0) is 4.79 Å². The van der Waals surface area contributed by atoms with Crippen LogP contribution in [0.15, 0.2) is 24.9 Å². The van der Waals surface area contributed by atoms with Gasteiger partial charge in [-0.25, -0.2) is 18.7 Å². The van der Waals surface area contributed by atoms with E-state index in [0.717, 1.165) is 44.6 Å². The number of nitrogens with zero attached hydrogens (tertiary/aromatic N) is 4. The molecule has 0 bridgehead atoms. The third-order valence-corrected chi connectivity index (χ3v) is 8.36. The van der Waals surface area contributed by atoms with E-state index in [2.05, 4.69) is 32.5 Å². The first-order chi connectivity index (χ1) is 19.4. The van der Waals surface area contributed by atoms with Crippen molar-refractivity contribution >= 4 is 40.7 Å². The van der Waals surface area contributed by atoms with Crippen LogP contribution in [0.2, 0.25) is 0 Å². The van der Waals surface area contributed by atoms with E-state index < -0.39 is 11.6 Å². The largest absolute Gasteiger partial charge is 0.393 e. The van der Waals surface area contributed by atoms with Crippen LogP contribution in [0.25, 0.3) is 17.2 Å². The molecule has 0 radical (unpaired) electrons. The molecule has 0 unspecified atom stereocenters. The third kappa shape index (κ3) is 5.65. The number of aliphatic hydroxyl groups is 1. The maximum absolute atomic E-state index is 14.8. The summed E-state index contributed by atoms with van der Waals surface area (Å²) in [5, 5.41) is 19.7. The topological polar surface area (TPSA) is 117 Å². The number of aromatic nitrogens is 4. The molecule has 9 nitrogen and oxygen atoms in total. The second-order valence-electron chi connectivity index (χ2n) is 11.3. The zero-order valence-corrected chi connectivity index (χ0v) is 22.4. The molecule has 1 aromatic carbocycles. The first-order valence-corrected chi connectivity index (χ1v) is 14.3. The lowest BCUT2D eigenvalue weighted by molar-refractivity contribution is -0.126. The quantitative estimate of drug-likeness (QED) is 0.303. The Labute approximate surface area is 231 Å². The van der Waals surface area contributed by atoms with Gasteiger partial charge in [-0.05, 0) is 70.3 Å². The molecule has 0 aliphatic heterocycles. The second-order valence-corrected chi connectivity index (χ2v) is 11.3. The number of imidazole rings is 1. The number of rotatable bonds is 8. The number of carbonyl (C=O) groups excluding carboxylic acids is 1. The first-order valence-electron chi connectivity index (χ1n) is 14.3. The van der Waals surface area contributed by atoms with Gasteiger partial charge in [0.1, 0.15) is 17.2 Å². The Kier molecular flexibility index (Phi) is 7.39. The second kappa shape index (κ2) is 11.1. The molecule has 0 atom stereocenters. The average Bonchev–Trinajstić information content (AvgIpc) is 3.69. The number of halogens is 2. The van der Waals surface area contributed by atoms with Crippen LogP contribution in [0.5, 0.6) is 0 Å². The van der Waals surface area contributed by atoms with Crippen LogP contribution in [-0.4, -0.2) is 48.7 Å². The zero-order chi connectivity index (χ0) is 27.8. The maximum Gasteiger partial charge on any atom is 0.224 e. The highest BCUT2D eigenvalue weighted by Gasteiger charge is 2.31. The van der Waals surface area contributed by atoms with Crippen LogP contribution in [0.4, 0.5) is 26.4 Å². The van der Waals surface area contributed by atoms with Crippen molar-refractivity contribution in [2.24, 2.45) is 5.92 Å². The summed E-state index contributed by atoms with van der Waals surface area (Å²) in [5.74, 6) is -0.349. The predicted octanol–water partition coefficient (Wildman–Crippen LogP) is 5.22. The lowest BCUT2D eigenvalue weighted by Gasteiger charge is -2.29. The molecule has 2 heterocycles. The van der Waals surface area contributed by atoms with Gasteiger partial charge in [-0.1, -0.05) is 12.7 Å². The van der Waals surface area contributed by atoms with Gasteiger partial charge in [0.05, 0.1) is 18.0 Å². The number of nitrogens with one attached hydrogen (secondary N) is 3. The van der Waals surface area contributed by atoms with Crippen molar-refractivity contribution in [1.82, 2.24) is 24.8 Å². The van der Waals surface area contributed by atoms with E-state index in [-0.39, 0.29) is 41.3 Å². The van der Waals surface area contributed by atoms with Gasteiger partial charge in [0.15, 0.2) is 5.65 Å². The fraction of sp³-hybridized carbons (Fsp3) is 0.517. The van der Waals surface area contributed by atoms with E-state index in [1.165, 1.54) is 12.1 Å². The number of aliphatic hydroxyl groups excluding tert-OH is 1. The fourth-order valence-electron chi connectivity index (χ4n) is 5.94. The number of hydrogen-bond acceptors (Lipinski definition) is 7. The molecule has 3 saturated carbocycles. The van der Waals surface area contributed by atoms with E-state index in [1.807, 2.05) is 4.57 Å². The van der Waals surface area contributed by atoms with Crippen molar-refractivity contribution in [1.29, 1.82) is 0 Å². The molecule has 3 aromatic rings. The molecular weight excluding hydrogens is 516 g/mol. The van der Waals surface area contributed by atoms with Crippen molar-refractivity contribution in [3.63, 3.8) is 0 Å². The SMILES string of the molecule is C=Cc1cc(F)cc(F)c1Nc1nc2cnc(NC3CCC(C(=O)NC4CC4)CC3)nc2n1C1CCC(O)CC1. The molecule has 40 heavy (non-hydrogen) atoms. The summed E-state index contributed by atoms with van der Waals surface area (Å²) in [6, 6.07) is 2.56.